The molecule has 5 heteroatoms. The second kappa shape index (κ2) is 21.4. The van der Waals surface area contributed by atoms with Gasteiger partial charge in [-0.05, 0) is 214 Å². The van der Waals surface area contributed by atoms with Gasteiger partial charge >= 0.3 is 0 Å². The lowest BCUT2D eigenvalue weighted by Gasteiger charge is -2.30. The first-order chi connectivity index (χ1) is 43.7. The summed E-state index contributed by atoms with van der Waals surface area (Å²) in [6.07, 6.45) is 0. The van der Waals surface area contributed by atoms with Crippen molar-refractivity contribution < 1.29 is 0 Å². The molecular formula is C84H65N5. The lowest BCUT2D eigenvalue weighted by atomic mass is 9.82. The number of anilines is 12. The van der Waals surface area contributed by atoms with Crippen LogP contribution in [0.2, 0.25) is 0 Å². The van der Waals surface area contributed by atoms with E-state index in [-0.39, 0.29) is 10.8 Å². The highest BCUT2D eigenvalue weighted by Crippen LogP contribution is 2.54. The summed E-state index contributed by atoms with van der Waals surface area (Å²) in [4.78, 5) is 9.57. The molecule has 1 aromatic heterocycles. The molecule has 0 atom stereocenters. The molecule has 13 aromatic carbocycles. The third-order valence-corrected chi connectivity index (χ3v) is 18.7. The van der Waals surface area contributed by atoms with Crippen LogP contribution < -0.4 is 19.6 Å². The highest BCUT2D eigenvalue weighted by atomic mass is 15.2. The van der Waals surface area contributed by atoms with Gasteiger partial charge in [0.1, 0.15) is 0 Å². The largest absolute Gasteiger partial charge is 0.311 e. The number of nitrogens with zero attached hydrogens (tertiary/aromatic N) is 5. The van der Waals surface area contributed by atoms with Crippen molar-refractivity contribution in [3.63, 3.8) is 0 Å². The Hall–Kier alpha value is -11.1. The Morgan fingerprint density at radius 3 is 0.809 bits per heavy atom. The lowest BCUT2D eigenvalue weighted by molar-refractivity contribution is 0.660. The Morgan fingerprint density at radius 1 is 0.213 bits per heavy atom. The standard InChI is InChI=1S/C84H65N5/c1-83(2)77-36-22-20-34-71(77)73-50-46-69(56-79(73)83)87(65-42-38-63(39-43-65)85(58-24-10-5-11-25-58)59-26-12-6-13-27-59)67-48-52-81-75(54-67)76-55-68(49-53-82(76)89(81)62-32-18-9-19-33-62)88(70-47-51-74-72-35-21-23-37-78(72)84(3,4)80(74)57-70)66-44-40-64(41-45-66)86(60-28-14-7-15-29-60)61-30-16-8-17-31-61/h5-57H,1-4H3. The fraction of sp³-hybridized carbons (Fsp3) is 0.0714. The van der Waals surface area contributed by atoms with Crippen LogP contribution in [-0.4, -0.2) is 4.57 Å². The lowest BCUT2D eigenvalue weighted by Crippen LogP contribution is -2.16. The number of fused-ring (bicyclic) bond motifs is 9. The maximum atomic E-state index is 2.46. The zero-order valence-electron chi connectivity index (χ0n) is 50.3. The van der Waals surface area contributed by atoms with E-state index in [9.17, 15) is 0 Å². The monoisotopic (exact) mass is 1140 g/mol. The van der Waals surface area contributed by atoms with Crippen LogP contribution in [0.5, 0.6) is 0 Å². The predicted molar refractivity (Wildman–Crippen MR) is 375 cm³/mol. The molecule has 0 spiro atoms. The molecule has 0 N–H and O–H groups in total. The summed E-state index contributed by atoms with van der Waals surface area (Å²) in [5.74, 6) is 0. The first-order valence-electron chi connectivity index (χ1n) is 30.9. The topological polar surface area (TPSA) is 17.9 Å². The van der Waals surface area contributed by atoms with Gasteiger partial charge in [0.25, 0.3) is 0 Å². The highest BCUT2D eigenvalue weighted by Gasteiger charge is 2.37. The van der Waals surface area contributed by atoms with Gasteiger partial charge in [0.05, 0.1) is 11.0 Å². The summed E-state index contributed by atoms with van der Waals surface area (Å²) in [6.45, 7) is 9.48. The molecule has 0 radical (unpaired) electrons. The van der Waals surface area contributed by atoms with Crippen molar-refractivity contribution in [1.82, 2.24) is 4.57 Å². The number of para-hydroxylation sites is 5. The Morgan fingerprint density at radius 2 is 0.461 bits per heavy atom. The van der Waals surface area contributed by atoms with Gasteiger partial charge in [-0.1, -0.05) is 179 Å². The molecule has 426 valence electrons. The zero-order chi connectivity index (χ0) is 59.8. The van der Waals surface area contributed by atoms with Crippen molar-refractivity contribution in [3.05, 3.63) is 344 Å². The first kappa shape index (κ1) is 53.3. The minimum Gasteiger partial charge on any atom is -0.311 e. The Labute approximate surface area is 521 Å². The van der Waals surface area contributed by atoms with Crippen LogP contribution in [-0.2, 0) is 10.8 Å². The normalized spacial score (nSPS) is 13.1. The smallest absolute Gasteiger partial charge is 0.0542 e. The molecule has 0 saturated carbocycles. The summed E-state index contributed by atoms with van der Waals surface area (Å²) in [5, 5.41) is 2.31. The zero-order valence-corrected chi connectivity index (χ0v) is 50.3. The molecule has 0 saturated heterocycles. The van der Waals surface area contributed by atoms with Crippen molar-refractivity contribution in [3.8, 4) is 27.9 Å². The number of hydrogen-bond donors (Lipinski definition) is 0. The highest BCUT2D eigenvalue weighted by molar-refractivity contribution is 6.12. The van der Waals surface area contributed by atoms with Gasteiger partial charge < -0.3 is 24.2 Å². The third kappa shape index (κ3) is 8.99. The fourth-order valence-corrected chi connectivity index (χ4v) is 14.4. The van der Waals surface area contributed by atoms with Crippen molar-refractivity contribution in [2.45, 2.75) is 38.5 Å². The van der Waals surface area contributed by atoms with E-state index in [1.54, 1.807) is 0 Å². The van der Waals surface area contributed by atoms with Gasteiger partial charge in [-0.15, -0.1) is 0 Å². The van der Waals surface area contributed by atoms with E-state index in [1.807, 2.05) is 0 Å². The van der Waals surface area contributed by atoms with Crippen LogP contribution in [0, 0.1) is 0 Å². The average Bonchev–Trinajstić information content (AvgIpc) is 1.64. The molecule has 2 aliphatic rings. The van der Waals surface area contributed by atoms with Crippen LogP contribution in [0.3, 0.4) is 0 Å². The van der Waals surface area contributed by atoms with Crippen molar-refractivity contribution in [2.75, 3.05) is 19.6 Å². The van der Waals surface area contributed by atoms with Gasteiger partial charge in [0.2, 0.25) is 0 Å². The Bertz CT molecular complexity index is 4570. The molecular weight excluding hydrogens is 1080 g/mol. The van der Waals surface area contributed by atoms with Gasteiger partial charge in [0, 0.05) is 95.5 Å². The number of aromatic nitrogens is 1. The van der Waals surface area contributed by atoms with Crippen LogP contribution in [0.4, 0.5) is 68.2 Å². The predicted octanol–water partition coefficient (Wildman–Crippen LogP) is 23.3. The SMILES string of the molecule is CC1(C)c2ccccc2-c2ccc(N(c3ccc(N(c4ccccc4)c4ccccc4)cc3)c3ccc4c(c3)c3cc(N(c5ccc(N(c6ccccc6)c6ccccc6)cc5)c5ccc6c(c5)C(C)(C)c5ccccc5-6)ccc3n4-c3ccccc3)cc21. The van der Waals surface area contributed by atoms with Crippen LogP contribution in [0.25, 0.3) is 49.7 Å². The molecule has 0 bridgehead atoms. The minimum absolute atomic E-state index is 0.194. The molecule has 0 amide bonds. The van der Waals surface area contributed by atoms with E-state index in [0.29, 0.717) is 0 Å². The molecule has 0 aliphatic heterocycles. The number of benzene rings is 13. The molecule has 14 aromatic rings. The van der Waals surface area contributed by atoms with E-state index < -0.39 is 0 Å². The maximum absolute atomic E-state index is 2.46. The van der Waals surface area contributed by atoms with Crippen LogP contribution >= 0.6 is 0 Å². The molecule has 0 unspecified atom stereocenters. The second-order valence-electron chi connectivity index (χ2n) is 24.6. The van der Waals surface area contributed by atoms with Gasteiger partial charge in [0.15, 0.2) is 0 Å². The van der Waals surface area contributed by atoms with Crippen molar-refractivity contribution in [2.24, 2.45) is 0 Å². The summed E-state index contributed by atoms with van der Waals surface area (Å²) < 4.78 is 2.43. The molecule has 2 aliphatic carbocycles. The van der Waals surface area contributed by atoms with Gasteiger partial charge in [-0.3, -0.25) is 0 Å². The van der Waals surface area contributed by atoms with E-state index in [4.69, 9.17) is 0 Å². The van der Waals surface area contributed by atoms with Crippen molar-refractivity contribution >= 4 is 90.1 Å². The fourth-order valence-electron chi connectivity index (χ4n) is 14.4. The number of hydrogen-bond acceptors (Lipinski definition) is 4. The summed E-state index contributed by atoms with van der Waals surface area (Å²) in [7, 11) is 0. The van der Waals surface area contributed by atoms with E-state index in [2.05, 4.69) is 373 Å². The third-order valence-electron chi connectivity index (χ3n) is 18.7. The quantitative estimate of drug-likeness (QED) is 0.114. The molecule has 0 fully saturated rings. The van der Waals surface area contributed by atoms with Gasteiger partial charge in [-0.25, -0.2) is 0 Å². The summed E-state index contributed by atoms with van der Waals surface area (Å²) in [5.41, 5.74) is 26.5. The second-order valence-corrected chi connectivity index (χ2v) is 24.6. The maximum Gasteiger partial charge on any atom is 0.0542 e. The molecule has 16 rings (SSSR count). The van der Waals surface area contributed by atoms with E-state index >= 15 is 0 Å². The van der Waals surface area contributed by atoms with Crippen LogP contribution in [0.1, 0.15) is 49.9 Å². The summed E-state index contributed by atoms with van der Waals surface area (Å²) in [6, 6.07) is 118. The molecule has 89 heavy (non-hydrogen) atoms. The first-order valence-corrected chi connectivity index (χ1v) is 30.9. The van der Waals surface area contributed by atoms with E-state index in [1.165, 1.54) is 44.5 Å². The number of rotatable bonds is 13. The van der Waals surface area contributed by atoms with Gasteiger partial charge in [-0.2, -0.15) is 0 Å². The molecule has 5 nitrogen and oxygen atoms in total. The minimum atomic E-state index is -0.194. The van der Waals surface area contributed by atoms with Crippen molar-refractivity contribution in [1.29, 1.82) is 0 Å². The summed E-state index contributed by atoms with van der Waals surface area (Å²) >= 11 is 0. The van der Waals surface area contributed by atoms with E-state index in [0.717, 1.165) is 95.7 Å². The average molecular weight is 1140 g/mol. The van der Waals surface area contributed by atoms with Crippen LogP contribution in [0.15, 0.2) is 322 Å². The Kier molecular flexibility index (Phi) is 12.8. The molecule has 1 heterocycles. The Balaban J connectivity index is 0.888.